The first kappa shape index (κ1) is 24.1. The molecule has 0 aliphatic carbocycles. The Morgan fingerprint density at radius 2 is 1.51 bits per heavy atom. The van der Waals surface area contributed by atoms with Crippen molar-refractivity contribution >= 4 is 54.2 Å². The molecule has 2 aliphatic heterocycles. The van der Waals surface area contributed by atoms with Crippen LogP contribution in [-0.2, 0) is 19.3 Å². The van der Waals surface area contributed by atoms with Crippen molar-refractivity contribution in [3.05, 3.63) is 96.6 Å². The zero-order valence-corrected chi connectivity index (χ0v) is 21.6. The summed E-state index contributed by atoms with van der Waals surface area (Å²) in [7, 11) is -4.13. The van der Waals surface area contributed by atoms with E-state index in [1.54, 1.807) is 0 Å². The van der Waals surface area contributed by atoms with E-state index in [-0.39, 0.29) is 0 Å². The highest BCUT2D eigenvalue weighted by Gasteiger charge is 2.54. The average Bonchev–Trinajstić information content (AvgIpc) is 3.51. The van der Waals surface area contributed by atoms with Crippen molar-refractivity contribution in [2.24, 2.45) is 0 Å². The van der Waals surface area contributed by atoms with Crippen molar-refractivity contribution in [2.75, 3.05) is 18.0 Å². The lowest BCUT2D eigenvalue weighted by Gasteiger charge is -2.46. The third-order valence-corrected chi connectivity index (χ3v) is 9.16. The minimum Gasteiger partial charge on any atom is -0.297 e. The number of benzene rings is 4. The van der Waals surface area contributed by atoms with Crippen molar-refractivity contribution in [1.82, 2.24) is 9.29 Å². The summed E-state index contributed by atoms with van der Waals surface area (Å²) < 4.78 is 46.7. The molecule has 9 heteroatoms. The summed E-state index contributed by atoms with van der Waals surface area (Å²) >= 11 is 0. The summed E-state index contributed by atoms with van der Waals surface area (Å²) in [4.78, 5) is 19.5. The second-order valence-electron chi connectivity index (χ2n) is 9.96. The Balaban J connectivity index is 1.41. The van der Waals surface area contributed by atoms with Crippen LogP contribution < -0.4 is 4.90 Å². The summed E-state index contributed by atoms with van der Waals surface area (Å²) in [5, 5.41) is 5.91. The third-order valence-electron chi connectivity index (χ3n) is 7.71. The largest absolute Gasteiger partial charge is 0.339 e. The highest BCUT2D eigenvalue weighted by atomic mass is 32.2. The van der Waals surface area contributed by atoms with E-state index in [9.17, 15) is 17.6 Å². The van der Waals surface area contributed by atoms with Crippen LogP contribution in [0.25, 0.3) is 32.3 Å². The van der Waals surface area contributed by atoms with Crippen LogP contribution >= 0.6 is 0 Å². The zero-order valence-electron chi connectivity index (χ0n) is 20.8. The van der Waals surface area contributed by atoms with Gasteiger partial charge in [-0.1, -0.05) is 60.7 Å². The Hall–Kier alpha value is -3.92. The molecular formula is C30H24FN3O4S. The highest BCUT2D eigenvalue weighted by Crippen LogP contribution is 2.46. The predicted octanol–water partition coefficient (Wildman–Crippen LogP) is 5.49. The lowest BCUT2D eigenvalue weighted by atomic mass is 9.90. The number of pyridine rings is 1. The van der Waals surface area contributed by atoms with E-state index in [2.05, 4.69) is 17.1 Å². The normalized spacial score (nSPS) is 20.2. The number of carbonyl (C=O) groups is 1. The third kappa shape index (κ3) is 3.88. The fourth-order valence-electron chi connectivity index (χ4n) is 5.82. The topological polar surface area (TPSA) is 79.8 Å². The molecule has 2 fully saturated rings. The number of rotatable bonds is 5. The quantitative estimate of drug-likeness (QED) is 0.217. The molecule has 0 unspecified atom stereocenters. The van der Waals surface area contributed by atoms with Gasteiger partial charge >= 0.3 is 10.3 Å². The maximum atomic E-state index is 13.8. The number of hydrogen-bond acceptors (Lipinski definition) is 5. The van der Waals surface area contributed by atoms with Crippen LogP contribution in [0.2, 0.25) is 0 Å². The molecule has 7 rings (SSSR count). The van der Waals surface area contributed by atoms with Gasteiger partial charge in [0.2, 0.25) is 0 Å². The van der Waals surface area contributed by atoms with Gasteiger partial charge in [0.05, 0.1) is 17.6 Å². The summed E-state index contributed by atoms with van der Waals surface area (Å²) in [6.07, 6.45) is 1.24. The smallest absolute Gasteiger partial charge is 0.297 e. The molecule has 0 bridgehead atoms. The van der Waals surface area contributed by atoms with Gasteiger partial charge in [-0.05, 0) is 58.0 Å². The monoisotopic (exact) mass is 541 g/mol. The number of β-lactam (4-membered cyclic amide) rings is 1. The van der Waals surface area contributed by atoms with Crippen molar-refractivity contribution < 1.29 is 21.8 Å². The maximum absolute atomic E-state index is 13.8. The number of fused-ring (bicyclic) bond motifs is 5. The first-order valence-electron chi connectivity index (χ1n) is 12.9. The van der Waals surface area contributed by atoms with Crippen LogP contribution in [0.5, 0.6) is 0 Å². The van der Waals surface area contributed by atoms with Gasteiger partial charge in [0.25, 0.3) is 5.91 Å². The second-order valence-corrected chi connectivity index (χ2v) is 11.5. The molecule has 1 amide bonds. The van der Waals surface area contributed by atoms with Crippen LogP contribution in [0.15, 0.2) is 85.1 Å². The molecule has 0 saturated carbocycles. The van der Waals surface area contributed by atoms with Gasteiger partial charge in [0.15, 0.2) is 6.10 Å². The van der Waals surface area contributed by atoms with Gasteiger partial charge in [-0.3, -0.25) is 14.7 Å². The minimum absolute atomic E-state index is 0.347. The van der Waals surface area contributed by atoms with Gasteiger partial charge in [-0.15, -0.1) is 0 Å². The Morgan fingerprint density at radius 1 is 0.821 bits per heavy atom. The molecule has 39 heavy (non-hydrogen) atoms. The van der Waals surface area contributed by atoms with Crippen LogP contribution in [0.1, 0.15) is 24.6 Å². The van der Waals surface area contributed by atoms with Gasteiger partial charge in [0, 0.05) is 18.5 Å². The van der Waals surface area contributed by atoms with Gasteiger partial charge in [-0.25, -0.2) is 8.57 Å². The molecule has 0 radical (unpaired) electrons. The molecule has 4 aromatic carbocycles. The Morgan fingerprint density at radius 3 is 2.26 bits per heavy atom. The Kier molecular flexibility index (Phi) is 5.62. The van der Waals surface area contributed by atoms with Gasteiger partial charge < -0.3 is 0 Å². The maximum Gasteiger partial charge on any atom is 0.339 e. The summed E-state index contributed by atoms with van der Waals surface area (Å²) in [6.45, 7) is 0.712. The van der Waals surface area contributed by atoms with Gasteiger partial charge in [-0.2, -0.15) is 12.7 Å². The fraction of sp³-hybridized carbons (Fsp3) is 0.200. The minimum atomic E-state index is -4.13. The molecule has 3 heterocycles. The first-order chi connectivity index (χ1) is 18.9. The van der Waals surface area contributed by atoms with Crippen LogP contribution in [0.3, 0.4) is 0 Å². The van der Waals surface area contributed by atoms with Crippen molar-refractivity contribution in [1.29, 1.82) is 0 Å². The summed E-state index contributed by atoms with van der Waals surface area (Å²) in [5.74, 6) is -1.01. The first-order valence-corrected chi connectivity index (χ1v) is 14.2. The standard InChI is InChI=1S/C30H24FN3O4S/c31-20-12-14-26(32-18-20)28-29(38-39(36,37)33-15-5-6-16-33)30(35)34(28)27-17-25-21-8-2-1-7-19(21)11-13-23(25)22-9-3-4-10-24(22)27/h1-4,7-14,17-18,28-29H,5-6,15-16H2/t28-,29-/m0/s1. The molecule has 2 saturated heterocycles. The van der Waals surface area contributed by atoms with Gasteiger partial charge in [0.1, 0.15) is 11.9 Å². The molecular weight excluding hydrogens is 517 g/mol. The molecule has 1 aromatic heterocycles. The number of carbonyl (C=O) groups excluding carboxylic acids is 1. The number of hydrogen-bond donors (Lipinski definition) is 0. The second kappa shape index (κ2) is 9.08. The SMILES string of the molecule is O=C1[C@@H](OS(=O)(=O)N2CCCC2)[C@H](c2ccc(F)cn2)N1c1cc2c3ccccc3ccc2c2ccccc12. The van der Waals surface area contributed by atoms with E-state index in [1.165, 1.54) is 21.3 Å². The molecule has 2 atom stereocenters. The molecule has 0 N–H and O–H groups in total. The van der Waals surface area contributed by atoms with Crippen LogP contribution in [-0.4, -0.2) is 42.8 Å². The predicted molar refractivity (Wildman–Crippen MR) is 148 cm³/mol. The number of nitrogens with zero attached hydrogens (tertiary/aromatic N) is 3. The molecule has 7 nitrogen and oxygen atoms in total. The number of halogens is 1. The molecule has 196 valence electrons. The Labute approximate surface area is 224 Å². The Bertz CT molecular complexity index is 1870. The van der Waals surface area contributed by atoms with Crippen LogP contribution in [0.4, 0.5) is 10.1 Å². The van der Waals surface area contributed by atoms with E-state index < -0.39 is 34.2 Å². The summed E-state index contributed by atoms with van der Waals surface area (Å²) in [5.41, 5.74) is 0.966. The van der Waals surface area contributed by atoms with Crippen LogP contribution in [0, 0.1) is 5.82 Å². The highest BCUT2D eigenvalue weighted by molar-refractivity contribution is 7.84. The summed E-state index contributed by atoms with van der Waals surface area (Å²) in [6, 6.07) is 23.8. The lowest BCUT2D eigenvalue weighted by Crippen LogP contribution is -2.61. The van der Waals surface area contributed by atoms with E-state index in [1.807, 2.05) is 54.6 Å². The van der Waals surface area contributed by atoms with Crippen molar-refractivity contribution in [2.45, 2.75) is 25.0 Å². The van der Waals surface area contributed by atoms with E-state index >= 15 is 0 Å². The number of aromatic nitrogens is 1. The average molecular weight is 542 g/mol. The number of amides is 1. The zero-order chi connectivity index (χ0) is 26.7. The van der Waals surface area contributed by atoms with Crippen molar-refractivity contribution in [3.63, 3.8) is 0 Å². The fourth-order valence-corrected chi connectivity index (χ4v) is 7.10. The van der Waals surface area contributed by atoms with E-state index in [4.69, 9.17) is 4.18 Å². The molecule has 0 spiro atoms. The lowest BCUT2D eigenvalue weighted by molar-refractivity contribution is -0.135. The van der Waals surface area contributed by atoms with Crippen molar-refractivity contribution in [3.8, 4) is 0 Å². The van der Waals surface area contributed by atoms with E-state index in [0.29, 0.717) is 24.5 Å². The molecule has 2 aliphatic rings. The number of anilines is 1. The molecule has 5 aromatic rings. The van der Waals surface area contributed by atoms with E-state index in [0.717, 1.165) is 51.4 Å².